The summed E-state index contributed by atoms with van der Waals surface area (Å²) in [4.78, 5) is 2.42. The minimum atomic E-state index is 1.13. The highest BCUT2D eigenvalue weighted by molar-refractivity contribution is 7.26. The summed E-state index contributed by atoms with van der Waals surface area (Å²) >= 11 is 3.73. The predicted octanol–water partition coefficient (Wildman–Crippen LogP) is 15.0. The third-order valence-corrected chi connectivity index (χ3v) is 12.7. The van der Waals surface area contributed by atoms with E-state index < -0.39 is 0 Å². The molecule has 0 unspecified atom stereocenters. The molecule has 238 valence electrons. The highest BCUT2D eigenvalue weighted by atomic mass is 32.1. The molecule has 0 saturated carbocycles. The Balaban J connectivity index is 1.10. The summed E-state index contributed by atoms with van der Waals surface area (Å²) in [5.41, 5.74) is 5.90. The average Bonchev–Trinajstić information content (AvgIpc) is 3.76. The van der Waals surface area contributed by atoms with Crippen LogP contribution in [0, 0.1) is 0 Å². The van der Waals surface area contributed by atoms with Gasteiger partial charge in [0.05, 0.1) is 0 Å². The topological polar surface area (TPSA) is 3.24 Å². The fourth-order valence-corrected chi connectivity index (χ4v) is 10.2. The molecule has 0 aliphatic carbocycles. The quantitative estimate of drug-likeness (QED) is 0.167. The molecule has 1 nitrogen and oxygen atoms in total. The van der Waals surface area contributed by atoms with E-state index in [0.29, 0.717) is 0 Å². The van der Waals surface area contributed by atoms with Gasteiger partial charge in [-0.1, -0.05) is 115 Å². The molecule has 0 radical (unpaired) electrons. The van der Waals surface area contributed by atoms with E-state index in [1.807, 2.05) is 22.7 Å². The zero-order chi connectivity index (χ0) is 33.5. The summed E-state index contributed by atoms with van der Waals surface area (Å²) < 4.78 is 5.26. The Morgan fingerprint density at radius 3 is 1.53 bits per heavy atom. The first-order valence-corrected chi connectivity index (χ1v) is 19.0. The second-order valence-electron chi connectivity index (χ2n) is 13.3. The number of thiophene rings is 2. The highest BCUT2D eigenvalue weighted by Crippen LogP contribution is 2.44. The van der Waals surface area contributed by atoms with E-state index in [4.69, 9.17) is 0 Å². The van der Waals surface area contributed by atoms with Crippen LogP contribution in [0.15, 0.2) is 176 Å². The number of hydrogen-bond acceptors (Lipinski definition) is 3. The molecule has 2 aromatic heterocycles. The molecule has 0 atom stereocenters. The standard InChI is InChI=1S/C48H29NS2/c1-2-10-36-30(8-1)18-25-41-38(36)24-19-32-9-7-13-37(48(32)41)31-16-20-33(21-17-31)49(34-22-26-46-42(28-34)39-11-3-5-14-44(39)50-46)35-23-27-47-43(29-35)40-12-4-6-15-45(40)51-47/h1-29H. The Morgan fingerprint density at radius 2 is 0.843 bits per heavy atom. The molecule has 51 heavy (non-hydrogen) atoms. The van der Waals surface area contributed by atoms with E-state index in [9.17, 15) is 0 Å². The van der Waals surface area contributed by atoms with Crippen LogP contribution < -0.4 is 4.90 Å². The predicted molar refractivity (Wildman–Crippen MR) is 225 cm³/mol. The lowest BCUT2D eigenvalue weighted by molar-refractivity contribution is 1.30. The van der Waals surface area contributed by atoms with Gasteiger partial charge in [-0.2, -0.15) is 0 Å². The van der Waals surface area contributed by atoms with Crippen molar-refractivity contribution in [2.75, 3.05) is 4.90 Å². The van der Waals surface area contributed by atoms with Crippen molar-refractivity contribution in [2.24, 2.45) is 0 Å². The summed E-state index contributed by atoms with van der Waals surface area (Å²) in [7, 11) is 0. The number of anilines is 3. The molecule has 0 fully saturated rings. The van der Waals surface area contributed by atoms with Gasteiger partial charge in [-0.25, -0.2) is 0 Å². The molecule has 0 aliphatic rings. The summed E-state index contributed by atoms with van der Waals surface area (Å²) in [5.74, 6) is 0. The maximum atomic E-state index is 2.42. The van der Waals surface area contributed by atoms with Crippen molar-refractivity contribution in [1.82, 2.24) is 0 Å². The highest BCUT2D eigenvalue weighted by Gasteiger charge is 2.18. The van der Waals surface area contributed by atoms with E-state index in [2.05, 4.69) is 181 Å². The lowest BCUT2D eigenvalue weighted by Gasteiger charge is -2.26. The van der Waals surface area contributed by atoms with Crippen LogP contribution >= 0.6 is 22.7 Å². The van der Waals surface area contributed by atoms with Crippen LogP contribution in [-0.4, -0.2) is 0 Å². The van der Waals surface area contributed by atoms with Gasteiger partial charge in [0.15, 0.2) is 0 Å². The average molecular weight is 684 g/mol. The van der Waals surface area contributed by atoms with E-state index in [1.165, 1.54) is 83.8 Å². The van der Waals surface area contributed by atoms with Gasteiger partial charge in [0.25, 0.3) is 0 Å². The van der Waals surface area contributed by atoms with Crippen molar-refractivity contribution < 1.29 is 0 Å². The van der Waals surface area contributed by atoms with E-state index in [0.717, 1.165) is 17.1 Å². The second kappa shape index (κ2) is 11.3. The lowest BCUT2D eigenvalue weighted by Crippen LogP contribution is -2.09. The SMILES string of the molecule is c1ccc2c(c1)ccc1c2ccc2cccc(-c3ccc(N(c4ccc5sc6ccccc6c5c4)c4ccc5sc6ccccc6c5c4)cc3)c21. The van der Waals surface area contributed by atoms with E-state index in [1.54, 1.807) is 0 Å². The minimum Gasteiger partial charge on any atom is -0.310 e. The molecule has 11 aromatic rings. The molecular formula is C48H29NS2. The van der Waals surface area contributed by atoms with Crippen molar-refractivity contribution in [3.05, 3.63) is 176 Å². The maximum absolute atomic E-state index is 2.42. The van der Waals surface area contributed by atoms with E-state index >= 15 is 0 Å². The van der Waals surface area contributed by atoms with Gasteiger partial charge in [-0.05, 0) is 104 Å². The van der Waals surface area contributed by atoms with Crippen molar-refractivity contribution in [2.45, 2.75) is 0 Å². The maximum Gasteiger partial charge on any atom is 0.0468 e. The van der Waals surface area contributed by atoms with Gasteiger partial charge in [-0.3, -0.25) is 0 Å². The first-order valence-electron chi connectivity index (χ1n) is 17.3. The lowest BCUT2D eigenvalue weighted by atomic mass is 9.91. The van der Waals surface area contributed by atoms with Crippen LogP contribution in [0.4, 0.5) is 17.1 Å². The molecule has 0 bridgehead atoms. The molecule has 0 amide bonds. The van der Waals surface area contributed by atoms with Gasteiger partial charge in [0.2, 0.25) is 0 Å². The molecule has 0 aliphatic heterocycles. The largest absolute Gasteiger partial charge is 0.310 e. The van der Waals surface area contributed by atoms with Crippen LogP contribution in [0.5, 0.6) is 0 Å². The van der Waals surface area contributed by atoms with Gasteiger partial charge in [0.1, 0.15) is 0 Å². The number of nitrogens with zero attached hydrogens (tertiary/aromatic N) is 1. The minimum absolute atomic E-state index is 1.13. The first kappa shape index (κ1) is 28.8. The van der Waals surface area contributed by atoms with E-state index in [-0.39, 0.29) is 0 Å². The van der Waals surface area contributed by atoms with Crippen LogP contribution in [0.25, 0.3) is 83.8 Å². The zero-order valence-corrected chi connectivity index (χ0v) is 29.1. The van der Waals surface area contributed by atoms with Crippen LogP contribution in [-0.2, 0) is 0 Å². The van der Waals surface area contributed by atoms with Crippen LogP contribution in [0.3, 0.4) is 0 Å². The van der Waals surface area contributed by atoms with Gasteiger partial charge in [-0.15, -0.1) is 22.7 Å². The summed E-state index contributed by atoms with van der Waals surface area (Å²) in [6.07, 6.45) is 0. The molecule has 0 saturated heterocycles. The number of benzene rings is 9. The Bertz CT molecular complexity index is 3030. The van der Waals surface area contributed by atoms with Crippen molar-refractivity contribution in [3.8, 4) is 11.1 Å². The Kier molecular flexibility index (Phi) is 6.36. The summed E-state index contributed by atoms with van der Waals surface area (Å²) in [6, 6.07) is 65.1. The molecule has 2 heterocycles. The summed E-state index contributed by atoms with van der Waals surface area (Å²) in [5, 5.41) is 12.9. The number of rotatable bonds is 4. The smallest absolute Gasteiger partial charge is 0.0468 e. The Hall–Kier alpha value is -6.00. The molecule has 9 aromatic carbocycles. The third kappa shape index (κ3) is 4.52. The molecule has 0 N–H and O–H groups in total. The molecule has 3 heteroatoms. The van der Waals surface area contributed by atoms with Crippen molar-refractivity contribution in [1.29, 1.82) is 0 Å². The Morgan fingerprint density at radius 1 is 0.314 bits per heavy atom. The molecular weight excluding hydrogens is 655 g/mol. The van der Waals surface area contributed by atoms with Crippen LogP contribution in [0.2, 0.25) is 0 Å². The fourth-order valence-electron chi connectivity index (χ4n) is 8.06. The normalized spacial score (nSPS) is 11.9. The Labute approximate surface area is 302 Å². The van der Waals surface area contributed by atoms with Crippen LogP contribution in [0.1, 0.15) is 0 Å². The second-order valence-corrected chi connectivity index (χ2v) is 15.5. The monoisotopic (exact) mass is 683 g/mol. The van der Waals surface area contributed by atoms with Gasteiger partial charge >= 0.3 is 0 Å². The number of hydrogen-bond donors (Lipinski definition) is 0. The van der Waals surface area contributed by atoms with Gasteiger partial charge in [0, 0.05) is 57.4 Å². The van der Waals surface area contributed by atoms with Crippen molar-refractivity contribution >= 4 is 112 Å². The fraction of sp³-hybridized carbons (Fsp3) is 0. The van der Waals surface area contributed by atoms with Gasteiger partial charge < -0.3 is 4.90 Å². The summed E-state index contributed by atoms with van der Waals surface area (Å²) in [6.45, 7) is 0. The first-order chi connectivity index (χ1) is 25.3. The molecule has 11 rings (SSSR count). The molecule has 0 spiro atoms. The zero-order valence-electron chi connectivity index (χ0n) is 27.5. The van der Waals surface area contributed by atoms with Crippen molar-refractivity contribution in [3.63, 3.8) is 0 Å². The third-order valence-electron chi connectivity index (χ3n) is 10.4. The number of fused-ring (bicyclic) bond motifs is 11.